The molecule has 0 nitrogen and oxygen atoms in total. The van der Waals surface area contributed by atoms with Gasteiger partial charge in [0.25, 0.3) is 0 Å². The first-order valence-electron chi connectivity index (χ1n) is 10.8. The summed E-state index contributed by atoms with van der Waals surface area (Å²) in [5.41, 5.74) is 1.31. The number of rotatable bonds is 13. The highest BCUT2D eigenvalue weighted by atomic mass is 14.4. The van der Waals surface area contributed by atoms with Gasteiger partial charge in [-0.3, -0.25) is 6.08 Å². The molecule has 25 heavy (non-hydrogen) atoms. The zero-order valence-electron chi connectivity index (χ0n) is 18.8. The van der Waals surface area contributed by atoms with Gasteiger partial charge in [0.2, 0.25) is 0 Å². The summed E-state index contributed by atoms with van der Waals surface area (Å²) in [6.45, 7) is 25.3. The zero-order chi connectivity index (χ0) is 19.6. The van der Waals surface area contributed by atoms with Gasteiger partial charge in [-0.25, -0.2) is 11.6 Å². The van der Waals surface area contributed by atoms with Gasteiger partial charge in [-0.1, -0.05) is 67.2 Å². The monoisotopic (exact) mass is 346 g/mol. The van der Waals surface area contributed by atoms with Crippen molar-refractivity contribution >= 4 is 0 Å². The second-order valence-corrected chi connectivity index (χ2v) is 8.54. The molecule has 6 unspecified atom stereocenters. The van der Waals surface area contributed by atoms with E-state index in [0.29, 0.717) is 17.8 Å². The minimum atomic E-state index is 0.556. The van der Waals surface area contributed by atoms with Crippen molar-refractivity contribution < 1.29 is 0 Å². The van der Waals surface area contributed by atoms with Crippen molar-refractivity contribution in [1.82, 2.24) is 0 Å². The average molecular weight is 347 g/mol. The van der Waals surface area contributed by atoms with E-state index in [-0.39, 0.29) is 0 Å². The first-order valence-corrected chi connectivity index (χ1v) is 10.8. The lowest BCUT2D eigenvalue weighted by Crippen LogP contribution is -2.30. The van der Waals surface area contributed by atoms with E-state index in [9.17, 15) is 0 Å². The van der Waals surface area contributed by atoms with Crippen molar-refractivity contribution in [2.75, 3.05) is 0 Å². The molecule has 0 N–H and O–H groups in total. The van der Waals surface area contributed by atoms with Crippen LogP contribution in [0.5, 0.6) is 0 Å². The Kier molecular flexibility index (Phi) is 12.5. The molecule has 148 valence electrons. The molecule has 0 aliphatic rings. The summed E-state index contributed by atoms with van der Waals surface area (Å²) in [6.07, 6.45) is 11.8. The highest BCUT2D eigenvalue weighted by Crippen LogP contribution is 2.40. The Morgan fingerprint density at radius 1 is 1.00 bits per heavy atom. The third-order valence-electron chi connectivity index (χ3n) is 7.05. The van der Waals surface area contributed by atoms with E-state index in [4.69, 9.17) is 0 Å². The molecule has 0 saturated carbocycles. The Balaban J connectivity index is 5.30. The molecule has 0 aliphatic heterocycles. The molecule has 0 fully saturated rings. The Labute approximate surface area is 160 Å². The molecule has 0 bridgehead atoms. The second kappa shape index (κ2) is 12.8. The molecule has 0 heteroatoms. The standard InChI is InChI=1S/C25H46/c1-11-18(6)16-24(15-5)21(9)20(8)22(10)25(17-19(7)12-2)23(13-3)14-4/h14,18,20-22,24-25H,3,11-12,15-17H2,1-2,4-10H3/q-2/b23-14-. The molecule has 0 rings (SSSR count). The van der Waals surface area contributed by atoms with Crippen molar-refractivity contribution in [2.24, 2.45) is 35.5 Å². The lowest BCUT2D eigenvalue weighted by molar-refractivity contribution is 0.145. The van der Waals surface area contributed by atoms with Gasteiger partial charge in [-0.15, -0.1) is 6.92 Å². The highest BCUT2D eigenvalue weighted by molar-refractivity contribution is 5.16. The third-order valence-corrected chi connectivity index (χ3v) is 7.05. The molecule has 0 aromatic heterocycles. The third kappa shape index (κ3) is 7.71. The molecule has 0 amide bonds. The maximum absolute atomic E-state index is 3.97. The Bertz CT molecular complexity index is 377. The minimum absolute atomic E-state index is 0.556. The SMILES string of the molecule is C=[C-]/C(=C/C)C(C[C-](C)CC)C(C)C(C)C(C)C(CC)CC(C)CC. The molecule has 0 radical (unpaired) electrons. The van der Waals surface area contributed by atoms with Crippen molar-refractivity contribution in [2.45, 2.75) is 94.4 Å². The van der Waals surface area contributed by atoms with Crippen LogP contribution in [-0.4, -0.2) is 0 Å². The molecule has 0 heterocycles. The average Bonchev–Trinajstić information content (AvgIpc) is 2.63. The normalized spacial score (nSPS) is 20.0. The van der Waals surface area contributed by atoms with Crippen LogP contribution in [0.1, 0.15) is 94.4 Å². The molecule has 0 aromatic carbocycles. The number of allylic oxidation sites excluding steroid dienone is 3. The van der Waals surface area contributed by atoms with Crippen LogP contribution in [0, 0.1) is 47.5 Å². The Morgan fingerprint density at radius 2 is 1.60 bits per heavy atom. The maximum Gasteiger partial charge on any atom is -0.0385 e. The van der Waals surface area contributed by atoms with Gasteiger partial charge < -0.3 is 5.92 Å². The van der Waals surface area contributed by atoms with E-state index < -0.39 is 0 Å². The fourth-order valence-electron chi connectivity index (χ4n) is 4.26. The van der Waals surface area contributed by atoms with Crippen LogP contribution in [0.2, 0.25) is 0 Å². The van der Waals surface area contributed by atoms with E-state index in [1.54, 1.807) is 5.92 Å². The fraction of sp³-hybridized carbons (Fsp3) is 0.800. The largest absolute Gasteiger partial charge is 0.316 e. The summed E-state index contributed by atoms with van der Waals surface area (Å²) < 4.78 is 0. The van der Waals surface area contributed by atoms with E-state index >= 15 is 0 Å². The molecular weight excluding hydrogens is 300 g/mol. The summed E-state index contributed by atoms with van der Waals surface area (Å²) in [5, 5.41) is 0. The van der Waals surface area contributed by atoms with Gasteiger partial charge in [0.1, 0.15) is 0 Å². The molecule has 0 saturated heterocycles. The van der Waals surface area contributed by atoms with Crippen LogP contribution < -0.4 is 0 Å². The van der Waals surface area contributed by atoms with Gasteiger partial charge in [-0.2, -0.15) is 26.3 Å². The first kappa shape index (κ1) is 24.5. The molecule has 6 atom stereocenters. The van der Waals surface area contributed by atoms with Crippen LogP contribution in [0.3, 0.4) is 0 Å². The Hall–Kier alpha value is -0.520. The summed E-state index contributed by atoms with van der Waals surface area (Å²) in [6, 6.07) is 0. The van der Waals surface area contributed by atoms with Crippen molar-refractivity contribution in [3.8, 4) is 0 Å². The smallest absolute Gasteiger partial charge is 0.0385 e. The van der Waals surface area contributed by atoms with Crippen LogP contribution in [0.15, 0.2) is 18.2 Å². The summed E-state index contributed by atoms with van der Waals surface area (Å²) in [7, 11) is 0. The van der Waals surface area contributed by atoms with Gasteiger partial charge in [0, 0.05) is 0 Å². The highest BCUT2D eigenvalue weighted by Gasteiger charge is 2.29. The van der Waals surface area contributed by atoms with Crippen molar-refractivity contribution in [1.29, 1.82) is 0 Å². The molecule has 0 spiro atoms. The lowest BCUT2D eigenvalue weighted by Gasteiger charge is -2.43. The summed E-state index contributed by atoms with van der Waals surface area (Å²) >= 11 is 0. The number of hydrogen-bond donors (Lipinski definition) is 0. The minimum Gasteiger partial charge on any atom is -0.316 e. The first-order chi connectivity index (χ1) is 11.8. The van der Waals surface area contributed by atoms with Gasteiger partial charge in [0.15, 0.2) is 0 Å². The maximum atomic E-state index is 3.97. The number of hydrogen-bond acceptors (Lipinski definition) is 0. The zero-order valence-corrected chi connectivity index (χ0v) is 18.8. The van der Waals surface area contributed by atoms with Gasteiger partial charge >= 0.3 is 0 Å². The van der Waals surface area contributed by atoms with Gasteiger partial charge in [-0.05, 0) is 36.0 Å². The van der Waals surface area contributed by atoms with Crippen molar-refractivity contribution in [3.05, 3.63) is 30.2 Å². The van der Waals surface area contributed by atoms with E-state index in [0.717, 1.165) is 17.8 Å². The van der Waals surface area contributed by atoms with Crippen LogP contribution in [0.4, 0.5) is 0 Å². The van der Waals surface area contributed by atoms with Gasteiger partial charge in [0.05, 0.1) is 0 Å². The van der Waals surface area contributed by atoms with Crippen LogP contribution in [-0.2, 0) is 0 Å². The summed E-state index contributed by atoms with van der Waals surface area (Å²) in [4.78, 5) is 0. The quantitative estimate of drug-likeness (QED) is 0.232. The van der Waals surface area contributed by atoms with Crippen molar-refractivity contribution in [3.63, 3.8) is 0 Å². The predicted octanol–water partition coefficient (Wildman–Crippen LogP) is 8.30. The van der Waals surface area contributed by atoms with Crippen LogP contribution in [0.25, 0.3) is 0 Å². The van der Waals surface area contributed by atoms with E-state index in [2.05, 4.69) is 81.0 Å². The second-order valence-electron chi connectivity index (χ2n) is 8.54. The Morgan fingerprint density at radius 3 is 2.00 bits per heavy atom. The molecular formula is C25H46-2. The van der Waals surface area contributed by atoms with E-state index in [1.807, 2.05) is 0 Å². The lowest BCUT2D eigenvalue weighted by atomic mass is 9.67. The summed E-state index contributed by atoms with van der Waals surface area (Å²) in [5.74, 6) is 5.97. The predicted molar refractivity (Wildman–Crippen MR) is 115 cm³/mol. The van der Waals surface area contributed by atoms with E-state index in [1.165, 1.54) is 37.7 Å². The molecule has 0 aliphatic carbocycles. The fourth-order valence-corrected chi connectivity index (χ4v) is 4.26. The molecule has 0 aromatic rings. The topological polar surface area (TPSA) is 0 Å². The van der Waals surface area contributed by atoms with Crippen LogP contribution >= 0.6 is 0 Å².